The summed E-state index contributed by atoms with van der Waals surface area (Å²) in [5.41, 5.74) is 0. The summed E-state index contributed by atoms with van der Waals surface area (Å²) in [4.78, 5) is 0. The molecular weight excluding hydrogens is 333 g/mol. The molecule has 8 heteroatoms. The maximum Gasteiger partial charge on any atom is 2.00 e. The molecule has 0 saturated carbocycles. The maximum atomic E-state index is 9.87. The minimum absolute atomic E-state index is 0. The van der Waals surface area contributed by atoms with Crippen molar-refractivity contribution in [3.05, 3.63) is 60.7 Å². The first-order chi connectivity index (χ1) is 7.95. The van der Waals surface area contributed by atoms with Crippen LogP contribution < -0.4 is 0 Å². The van der Waals surface area contributed by atoms with Crippen LogP contribution in [0.3, 0.4) is 0 Å². The van der Waals surface area contributed by atoms with Crippen LogP contribution in [0.4, 0.5) is 25.2 Å². The van der Waals surface area contributed by atoms with Crippen molar-refractivity contribution in [1.29, 1.82) is 0 Å². The normalized spacial score (nSPS) is 15.7. The third-order valence-corrected chi connectivity index (χ3v) is 1.19. The summed E-state index contributed by atoms with van der Waals surface area (Å²) < 4.78 is 59.2. The predicted octanol–water partition coefficient (Wildman–Crippen LogP) is 6.17. The van der Waals surface area contributed by atoms with E-state index < -0.39 is 7.81 Å². The van der Waals surface area contributed by atoms with E-state index in [-0.39, 0.29) is 17.1 Å². The topological polar surface area (TPSA) is 0 Å². The molecule has 1 aliphatic carbocycles. The SMILES string of the molecule is F[P-](F)(F)(F)(F)F.[C-]1=CC=CC1.[Fe+2].[c-]1ccccc1. The Morgan fingerprint density at radius 2 is 1.32 bits per heavy atom. The Hall–Kier alpha value is -0.771. The molecule has 0 fully saturated rings. The Morgan fingerprint density at radius 1 is 0.842 bits per heavy atom. The molecule has 0 heterocycles. The second-order valence-electron chi connectivity index (χ2n) is 3.04. The summed E-state index contributed by atoms with van der Waals surface area (Å²) >= 11 is 0. The molecule has 1 aromatic rings. The van der Waals surface area contributed by atoms with Gasteiger partial charge in [-0.15, -0.1) is 6.42 Å². The molecule has 0 aliphatic heterocycles. The van der Waals surface area contributed by atoms with Crippen LogP contribution >= 0.6 is 7.81 Å². The van der Waals surface area contributed by atoms with Crippen LogP contribution in [0.25, 0.3) is 0 Å². The van der Waals surface area contributed by atoms with Crippen LogP contribution in [-0.2, 0) is 17.1 Å². The van der Waals surface area contributed by atoms with Gasteiger partial charge in [-0.2, -0.15) is 42.5 Å². The average molecular weight is 343 g/mol. The van der Waals surface area contributed by atoms with E-state index in [2.05, 4.69) is 18.2 Å². The molecule has 0 bridgehead atoms. The minimum Gasteiger partial charge on any atom is -0.273 e. The van der Waals surface area contributed by atoms with Crippen molar-refractivity contribution >= 4 is 7.81 Å². The van der Waals surface area contributed by atoms with Gasteiger partial charge in [-0.1, -0.05) is 0 Å². The number of halogens is 6. The summed E-state index contributed by atoms with van der Waals surface area (Å²) in [6, 6.07) is 12.5. The van der Waals surface area contributed by atoms with Crippen molar-refractivity contribution in [1.82, 2.24) is 0 Å². The van der Waals surface area contributed by atoms with Crippen molar-refractivity contribution in [2.75, 3.05) is 0 Å². The number of rotatable bonds is 0. The smallest absolute Gasteiger partial charge is 0.273 e. The molecule has 0 atom stereocenters. The second kappa shape index (κ2) is 7.13. The zero-order valence-electron chi connectivity index (χ0n) is 9.39. The van der Waals surface area contributed by atoms with E-state index >= 15 is 0 Å². The third kappa shape index (κ3) is 38.2. The van der Waals surface area contributed by atoms with Crippen molar-refractivity contribution < 1.29 is 42.3 Å². The van der Waals surface area contributed by atoms with E-state index in [0.717, 1.165) is 6.42 Å². The average Bonchev–Trinajstić information content (AvgIpc) is 2.73. The van der Waals surface area contributed by atoms with E-state index in [1.807, 2.05) is 42.5 Å². The molecule has 1 aliphatic rings. The molecule has 0 aromatic heterocycles. The molecule has 110 valence electrons. The molecule has 0 unspecified atom stereocenters. The standard InChI is InChI=1S/C6H5.C5H5.F6P.Fe/c1-2-4-6-5-3-1;1-2-4-5-3-1;1-7(2,3,4,5)6;/h1-5H;1-3H,4H2;;/q3*-1;+2. The molecule has 2 rings (SSSR count). The Kier molecular flexibility index (Phi) is 7.71. The summed E-state index contributed by atoms with van der Waals surface area (Å²) in [6.45, 7) is 0. The van der Waals surface area contributed by atoms with Crippen LogP contribution in [-0.4, -0.2) is 0 Å². The van der Waals surface area contributed by atoms with Crippen LogP contribution in [0, 0.1) is 12.1 Å². The van der Waals surface area contributed by atoms with Gasteiger partial charge >= 0.3 is 50.1 Å². The van der Waals surface area contributed by atoms with Crippen LogP contribution in [0.15, 0.2) is 48.6 Å². The molecule has 0 N–H and O–H groups in total. The van der Waals surface area contributed by atoms with Crippen LogP contribution in [0.5, 0.6) is 0 Å². The van der Waals surface area contributed by atoms with Gasteiger partial charge in [0.05, 0.1) is 0 Å². The van der Waals surface area contributed by atoms with Crippen molar-refractivity contribution in [3.63, 3.8) is 0 Å². The Morgan fingerprint density at radius 3 is 1.42 bits per heavy atom. The maximum absolute atomic E-state index is 10.7. The van der Waals surface area contributed by atoms with Crippen molar-refractivity contribution in [3.8, 4) is 0 Å². The molecule has 0 amide bonds. The Labute approximate surface area is 117 Å². The fraction of sp³-hybridized carbons (Fsp3) is 0.0909. The fourth-order valence-electron chi connectivity index (χ4n) is 0.682. The van der Waals surface area contributed by atoms with Gasteiger partial charge in [0.2, 0.25) is 0 Å². The molecule has 0 nitrogen and oxygen atoms in total. The first kappa shape index (κ1) is 20.5. The first-order valence-corrected chi connectivity index (χ1v) is 6.67. The van der Waals surface area contributed by atoms with E-state index in [1.54, 1.807) is 0 Å². The molecule has 19 heavy (non-hydrogen) atoms. The van der Waals surface area contributed by atoms with Crippen molar-refractivity contribution in [2.24, 2.45) is 0 Å². The number of hydrogen-bond acceptors (Lipinski definition) is 0. The van der Waals surface area contributed by atoms with Gasteiger partial charge in [0.25, 0.3) is 0 Å². The summed E-state index contributed by atoms with van der Waals surface area (Å²) in [5, 5.41) is 0. The summed E-state index contributed by atoms with van der Waals surface area (Å²) in [6.07, 6.45) is 10.0. The van der Waals surface area contributed by atoms with Gasteiger partial charge in [0.1, 0.15) is 0 Å². The molecule has 1 aromatic carbocycles. The molecule has 0 radical (unpaired) electrons. The summed E-state index contributed by atoms with van der Waals surface area (Å²) in [5.74, 6) is 0. The zero-order chi connectivity index (χ0) is 14.2. The van der Waals surface area contributed by atoms with Gasteiger partial charge in [-0.25, -0.2) is 12.2 Å². The van der Waals surface area contributed by atoms with Gasteiger partial charge in [0.15, 0.2) is 0 Å². The monoisotopic (exact) mass is 343 g/mol. The number of hydrogen-bond donors (Lipinski definition) is 0. The van der Waals surface area contributed by atoms with Crippen LogP contribution in [0.2, 0.25) is 0 Å². The largest absolute Gasteiger partial charge is 2.00 e. The Bertz CT molecular complexity index is 347. The molecular formula is C11H10F6FeP-. The third-order valence-electron chi connectivity index (χ3n) is 1.19. The number of allylic oxidation sites excluding steroid dienone is 4. The second-order valence-corrected chi connectivity index (χ2v) is 4.96. The fourth-order valence-corrected chi connectivity index (χ4v) is 0.682. The van der Waals surface area contributed by atoms with Crippen molar-refractivity contribution in [2.45, 2.75) is 6.42 Å². The van der Waals surface area contributed by atoms with Gasteiger partial charge in [0, 0.05) is 0 Å². The van der Waals surface area contributed by atoms with Gasteiger partial charge in [-0.3, -0.25) is 6.08 Å². The van der Waals surface area contributed by atoms with E-state index in [0.29, 0.717) is 0 Å². The number of benzene rings is 1. The van der Waals surface area contributed by atoms with Gasteiger partial charge < -0.3 is 0 Å². The molecule has 0 spiro atoms. The first-order valence-electron chi connectivity index (χ1n) is 4.64. The zero-order valence-corrected chi connectivity index (χ0v) is 11.4. The van der Waals surface area contributed by atoms with Crippen LogP contribution in [0.1, 0.15) is 6.42 Å². The van der Waals surface area contributed by atoms with E-state index in [1.165, 1.54) is 0 Å². The predicted molar refractivity (Wildman–Crippen MR) is 60.4 cm³/mol. The minimum atomic E-state index is -10.7. The summed E-state index contributed by atoms with van der Waals surface area (Å²) in [7, 11) is -10.7. The Balaban J connectivity index is 0. The molecule has 0 saturated heterocycles. The quantitative estimate of drug-likeness (QED) is 0.229. The van der Waals surface area contributed by atoms with E-state index in [4.69, 9.17) is 0 Å². The van der Waals surface area contributed by atoms with E-state index in [9.17, 15) is 25.2 Å². The van der Waals surface area contributed by atoms with Gasteiger partial charge in [-0.05, 0) is 0 Å².